The first-order valence-corrected chi connectivity index (χ1v) is 7.71. The maximum atomic E-state index is 12.4. The third-order valence-electron chi connectivity index (χ3n) is 3.54. The largest absolute Gasteiger partial charge is 0.495 e. The lowest BCUT2D eigenvalue weighted by molar-refractivity contribution is 0.0696. The van der Waals surface area contributed by atoms with Crippen LogP contribution in [0, 0.1) is 0 Å². The molecular formula is C13H17NO5S. The van der Waals surface area contributed by atoms with Crippen molar-refractivity contribution in [3.63, 3.8) is 0 Å². The average molecular weight is 299 g/mol. The molecule has 1 aliphatic rings. The van der Waals surface area contributed by atoms with Crippen LogP contribution < -0.4 is 9.46 Å². The van der Waals surface area contributed by atoms with Crippen molar-refractivity contribution in [2.75, 3.05) is 7.11 Å². The molecule has 1 saturated carbocycles. The number of hydrogen-bond donors (Lipinski definition) is 2. The molecule has 1 fully saturated rings. The lowest BCUT2D eigenvalue weighted by Crippen LogP contribution is -2.50. The fraction of sp³-hybridized carbons (Fsp3) is 0.462. The van der Waals surface area contributed by atoms with Gasteiger partial charge in [-0.25, -0.2) is 17.9 Å². The van der Waals surface area contributed by atoms with Gasteiger partial charge in [-0.1, -0.05) is 0 Å². The highest BCUT2D eigenvalue weighted by Crippen LogP contribution is 2.34. The van der Waals surface area contributed by atoms with Crippen LogP contribution in [0.5, 0.6) is 5.75 Å². The van der Waals surface area contributed by atoms with Crippen LogP contribution in [0.25, 0.3) is 0 Å². The van der Waals surface area contributed by atoms with E-state index in [0.717, 1.165) is 25.3 Å². The summed E-state index contributed by atoms with van der Waals surface area (Å²) in [6, 6.07) is 3.78. The molecule has 0 atom stereocenters. The maximum Gasteiger partial charge on any atom is 0.335 e. The Balaban J connectivity index is 2.43. The molecule has 110 valence electrons. The predicted molar refractivity (Wildman–Crippen MR) is 72.5 cm³/mol. The fourth-order valence-electron chi connectivity index (χ4n) is 2.21. The van der Waals surface area contributed by atoms with E-state index < -0.39 is 21.5 Å². The Hall–Kier alpha value is -1.60. The number of ether oxygens (including phenoxy) is 1. The molecule has 0 aliphatic heterocycles. The zero-order chi connectivity index (χ0) is 15.0. The minimum Gasteiger partial charge on any atom is -0.495 e. The predicted octanol–water partition coefficient (Wildman–Crippen LogP) is 1.61. The average Bonchev–Trinajstić information content (AvgIpc) is 2.35. The van der Waals surface area contributed by atoms with Gasteiger partial charge in [0.25, 0.3) is 0 Å². The molecule has 1 aromatic carbocycles. The van der Waals surface area contributed by atoms with Gasteiger partial charge in [0.1, 0.15) is 10.6 Å². The Morgan fingerprint density at radius 1 is 1.40 bits per heavy atom. The number of sulfonamides is 1. The number of carboxylic acids is 1. The number of hydrogen-bond acceptors (Lipinski definition) is 4. The standard InChI is InChI=1S/C13H17NO5S/c1-13(6-3-7-13)14-20(17,18)11-8-9(12(15)16)4-5-10(11)19-2/h4-5,8,14H,3,6-7H2,1-2H3,(H,15,16). The van der Waals surface area contributed by atoms with Crippen LogP contribution in [0.3, 0.4) is 0 Å². The smallest absolute Gasteiger partial charge is 0.335 e. The van der Waals surface area contributed by atoms with Gasteiger partial charge >= 0.3 is 5.97 Å². The van der Waals surface area contributed by atoms with E-state index in [1.807, 2.05) is 6.92 Å². The quantitative estimate of drug-likeness (QED) is 0.861. The monoisotopic (exact) mass is 299 g/mol. The van der Waals surface area contributed by atoms with Crippen LogP contribution in [0.15, 0.2) is 23.1 Å². The van der Waals surface area contributed by atoms with Crippen molar-refractivity contribution in [1.29, 1.82) is 0 Å². The fourth-order valence-corrected chi connectivity index (χ4v) is 3.87. The van der Waals surface area contributed by atoms with Gasteiger partial charge in [-0.2, -0.15) is 0 Å². The van der Waals surface area contributed by atoms with Crippen LogP contribution in [-0.4, -0.2) is 32.1 Å². The van der Waals surface area contributed by atoms with Crippen LogP contribution >= 0.6 is 0 Å². The zero-order valence-corrected chi connectivity index (χ0v) is 12.2. The molecule has 0 saturated heterocycles. The summed E-state index contributed by atoms with van der Waals surface area (Å²) in [6.07, 6.45) is 2.52. The van der Waals surface area contributed by atoms with Gasteiger partial charge < -0.3 is 9.84 Å². The van der Waals surface area contributed by atoms with E-state index in [1.54, 1.807) is 0 Å². The molecule has 0 spiro atoms. The van der Waals surface area contributed by atoms with Gasteiger partial charge in [0.15, 0.2) is 0 Å². The van der Waals surface area contributed by atoms with Gasteiger partial charge in [-0.05, 0) is 44.4 Å². The van der Waals surface area contributed by atoms with E-state index in [0.29, 0.717) is 0 Å². The number of carbonyl (C=O) groups is 1. The highest BCUT2D eigenvalue weighted by molar-refractivity contribution is 7.89. The molecule has 1 aliphatic carbocycles. The van der Waals surface area contributed by atoms with Gasteiger partial charge in [0.2, 0.25) is 10.0 Å². The Morgan fingerprint density at radius 3 is 2.50 bits per heavy atom. The van der Waals surface area contributed by atoms with Crippen molar-refractivity contribution in [3.8, 4) is 5.75 Å². The summed E-state index contributed by atoms with van der Waals surface area (Å²) in [5.74, 6) is -1.05. The lowest BCUT2D eigenvalue weighted by Gasteiger charge is -2.38. The molecule has 2 rings (SSSR count). The van der Waals surface area contributed by atoms with Gasteiger partial charge in [-0.15, -0.1) is 0 Å². The van der Waals surface area contributed by atoms with Crippen LogP contribution in [0.4, 0.5) is 0 Å². The van der Waals surface area contributed by atoms with E-state index in [4.69, 9.17) is 9.84 Å². The number of methoxy groups -OCH3 is 1. The van der Waals surface area contributed by atoms with E-state index >= 15 is 0 Å². The number of aromatic carboxylic acids is 1. The van der Waals surface area contributed by atoms with Crippen molar-refractivity contribution in [3.05, 3.63) is 23.8 Å². The minimum absolute atomic E-state index is 0.0927. The number of nitrogens with one attached hydrogen (secondary N) is 1. The Labute approximate surface area is 117 Å². The highest BCUT2D eigenvalue weighted by Gasteiger charge is 2.37. The Morgan fingerprint density at radius 2 is 2.05 bits per heavy atom. The van der Waals surface area contributed by atoms with Crippen LogP contribution in [0.2, 0.25) is 0 Å². The molecule has 0 bridgehead atoms. The van der Waals surface area contributed by atoms with Crippen molar-refractivity contribution >= 4 is 16.0 Å². The zero-order valence-electron chi connectivity index (χ0n) is 11.3. The lowest BCUT2D eigenvalue weighted by atomic mass is 9.80. The summed E-state index contributed by atoms with van der Waals surface area (Å²) >= 11 is 0. The third-order valence-corrected chi connectivity index (χ3v) is 5.20. The molecule has 6 nitrogen and oxygen atoms in total. The van der Waals surface area contributed by atoms with E-state index in [1.165, 1.54) is 19.2 Å². The summed E-state index contributed by atoms with van der Waals surface area (Å²) in [7, 11) is -2.47. The van der Waals surface area contributed by atoms with E-state index in [9.17, 15) is 13.2 Å². The summed E-state index contributed by atoms with van der Waals surface area (Å²) in [5.41, 5.74) is -0.548. The van der Waals surface area contributed by atoms with Crippen molar-refractivity contribution in [1.82, 2.24) is 4.72 Å². The topological polar surface area (TPSA) is 92.7 Å². The second-order valence-electron chi connectivity index (χ2n) is 5.19. The van der Waals surface area contributed by atoms with Crippen molar-refractivity contribution in [2.45, 2.75) is 36.6 Å². The minimum atomic E-state index is -3.82. The van der Waals surface area contributed by atoms with Crippen LogP contribution in [-0.2, 0) is 10.0 Å². The molecule has 20 heavy (non-hydrogen) atoms. The molecular weight excluding hydrogens is 282 g/mol. The molecule has 1 aromatic rings. The normalized spacial score (nSPS) is 17.3. The van der Waals surface area contributed by atoms with Gasteiger partial charge in [-0.3, -0.25) is 0 Å². The van der Waals surface area contributed by atoms with Gasteiger partial charge in [0.05, 0.1) is 12.7 Å². The van der Waals surface area contributed by atoms with Crippen LogP contribution in [0.1, 0.15) is 36.5 Å². The second-order valence-corrected chi connectivity index (χ2v) is 6.84. The molecule has 0 heterocycles. The van der Waals surface area contributed by atoms with Crippen molar-refractivity contribution in [2.24, 2.45) is 0 Å². The summed E-state index contributed by atoms with van der Waals surface area (Å²) in [4.78, 5) is 10.8. The molecule has 0 unspecified atom stereocenters. The maximum absolute atomic E-state index is 12.4. The third kappa shape index (κ3) is 2.78. The number of carboxylic acid groups (broad SMARTS) is 1. The first-order chi connectivity index (χ1) is 9.27. The Kier molecular flexibility index (Phi) is 3.75. The van der Waals surface area contributed by atoms with Gasteiger partial charge in [0, 0.05) is 5.54 Å². The molecule has 0 radical (unpaired) electrons. The first kappa shape index (κ1) is 14.8. The first-order valence-electron chi connectivity index (χ1n) is 6.23. The highest BCUT2D eigenvalue weighted by atomic mass is 32.2. The van der Waals surface area contributed by atoms with E-state index in [-0.39, 0.29) is 16.2 Å². The molecule has 7 heteroatoms. The van der Waals surface area contributed by atoms with Crippen molar-refractivity contribution < 1.29 is 23.1 Å². The summed E-state index contributed by atoms with van der Waals surface area (Å²) in [5, 5.41) is 8.97. The Bertz CT molecular complexity index is 634. The molecule has 0 amide bonds. The number of rotatable bonds is 5. The SMILES string of the molecule is COc1ccc(C(=O)O)cc1S(=O)(=O)NC1(C)CCC1. The summed E-state index contributed by atoms with van der Waals surface area (Å²) < 4.78 is 32.5. The summed E-state index contributed by atoms with van der Waals surface area (Å²) in [6.45, 7) is 1.83. The molecule has 2 N–H and O–H groups in total. The second kappa shape index (κ2) is 5.06. The number of benzene rings is 1. The van der Waals surface area contributed by atoms with E-state index in [2.05, 4.69) is 4.72 Å². The molecule has 0 aromatic heterocycles.